The molecule has 0 unspecified atom stereocenters. The van der Waals surface area contributed by atoms with Crippen LogP contribution in [0.2, 0.25) is 0 Å². The number of nitrogens with two attached hydrogens (primary N) is 1. The number of ketones is 2. The van der Waals surface area contributed by atoms with Crippen molar-refractivity contribution < 1.29 is 29.2 Å². The molecule has 0 saturated carbocycles. The number of fused-ring (bicyclic) bond motifs is 2. The molecule has 1 aromatic heterocycles. The van der Waals surface area contributed by atoms with Crippen LogP contribution in [0, 0.1) is 10.1 Å². The van der Waals surface area contributed by atoms with Crippen LogP contribution in [0.25, 0.3) is 0 Å². The summed E-state index contributed by atoms with van der Waals surface area (Å²) in [5.74, 6) is -2.16. The summed E-state index contributed by atoms with van der Waals surface area (Å²) in [7, 11) is 0. The van der Waals surface area contributed by atoms with Crippen molar-refractivity contribution in [2.24, 2.45) is 0 Å². The van der Waals surface area contributed by atoms with E-state index in [1.165, 1.54) is 36.5 Å². The SMILES string of the molecule is Nc1ccn([C@H]2C[C@H](O)[C@@H](CNC(=O)c3ccc4c(c3[N+](=O)[O-])C(=O)c3ccccc3C4=O)O2)c(=O)n1. The van der Waals surface area contributed by atoms with E-state index < -0.39 is 63.3 Å². The number of aliphatic hydroxyl groups is 1. The Labute approximate surface area is 207 Å². The molecule has 4 N–H and O–H groups in total. The molecule has 1 saturated heterocycles. The Morgan fingerprint density at radius 1 is 1.14 bits per heavy atom. The van der Waals surface area contributed by atoms with Gasteiger partial charge in [0.1, 0.15) is 29.3 Å². The average Bonchev–Trinajstić information content (AvgIpc) is 3.24. The number of ether oxygens (including phenoxy) is 1. The first-order chi connectivity index (χ1) is 17.7. The number of hydrogen-bond acceptors (Lipinski definition) is 10. The third-order valence-corrected chi connectivity index (χ3v) is 6.32. The molecule has 1 aliphatic carbocycles. The van der Waals surface area contributed by atoms with Crippen LogP contribution in [0.4, 0.5) is 11.5 Å². The van der Waals surface area contributed by atoms with E-state index in [0.29, 0.717) is 0 Å². The van der Waals surface area contributed by atoms with Crippen molar-refractivity contribution in [1.82, 2.24) is 14.9 Å². The molecular weight excluding hydrogens is 486 g/mol. The van der Waals surface area contributed by atoms with Gasteiger partial charge < -0.3 is 20.9 Å². The zero-order chi connectivity index (χ0) is 26.4. The third kappa shape index (κ3) is 4.05. The van der Waals surface area contributed by atoms with Gasteiger partial charge in [0.15, 0.2) is 5.78 Å². The first kappa shape index (κ1) is 24.0. The molecule has 3 aromatic rings. The van der Waals surface area contributed by atoms with Crippen molar-refractivity contribution in [3.8, 4) is 0 Å². The molecule has 0 spiro atoms. The van der Waals surface area contributed by atoms with E-state index in [2.05, 4.69) is 10.3 Å². The van der Waals surface area contributed by atoms with Crippen LogP contribution in [0.5, 0.6) is 0 Å². The number of nitro benzene ring substituents is 1. The molecule has 13 heteroatoms. The van der Waals surface area contributed by atoms with Gasteiger partial charge in [0.25, 0.3) is 11.6 Å². The number of nitrogens with zero attached hydrogens (tertiary/aromatic N) is 3. The summed E-state index contributed by atoms with van der Waals surface area (Å²) in [6.45, 7) is -0.252. The molecule has 3 atom stereocenters. The number of aromatic nitrogens is 2. The first-order valence-corrected chi connectivity index (χ1v) is 11.1. The number of nitrogens with one attached hydrogen (secondary N) is 1. The summed E-state index contributed by atoms with van der Waals surface area (Å²) < 4.78 is 6.84. The van der Waals surface area contributed by atoms with Gasteiger partial charge in [-0.15, -0.1) is 0 Å². The van der Waals surface area contributed by atoms with Gasteiger partial charge in [0.05, 0.1) is 11.0 Å². The van der Waals surface area contributed by atoms with Crippen LogP contribution in [0.1, 0.15) is 54.8 Å². The summed E-state index contributed by atoms with van der Waals surface area (Å²) in [5.41, 5.74) is 3.13. The molecule has 13 nitrogen and oxygen atoms in total. The number of rotatable bonds is 5. The zero-order valence-corrected chi connectivity index (χ0v) is 19.0. The maximum atomic E-state index is 13.1. The highest BCUT2D eigenvalue weighted by atomic mass is 16.6. The predicted octanol–water partition coefficient (Wildman–Crippen LogP) is 0.588. The minimum atomic E-state index is -1.07. The van der Waals surface area contributed by atoms with Crippen molar-refractivity contribution >= 4 is 29.0 Å². The number of anilines is 1. The predicted molar refractivity (Wildman–Crippen MR) is 126 cm³/mol. The van der Waals surface area contributed by atoms with E-state index in [-0.39, 0.29) is 35.5 Å². The van der Waals surface area contributed by atoms with Crippen molar-refractivity contribution in [3.05, 3.63) is 97.1 Å². The molecule has 1 fully saturated rings. The highest BCUT2D eigenvalue weighted by Gasteiger charge is 2.39. The van der Waals surface area contributed by atoms with Crippen molar-refractivity contribution in [1.29, 1.82) is 0 Å². The minimum absolute atomic E-state index is 0.0154. The Morgan fingerprint density at radius 3 is 2.51 bits per heavy atom. The van der Waals surface area contributed by atoms with E-state index in [0.717, 1.165) is 10.6 Å². The summed E-state index contributed by atoms with van der Waals surface area (Å²) >= 11 is 0. The Morgan fingerprint density at radius 2 is 1.84 bits per heavy atom. The van der Waals surface area contributed by atoms with Gasteiger partial charge in [-0.2, -0.15) is 4.98 Å². The smallest absolute Gasteiger partial charge is 0.351 e. The average molecular weight is 505 g/mol. The van der Waals surface area contributed by atoms with Gasteiger partial charge in [-0.25, -0.2) is 4.79 Å². The Balaban J connectivity index is 1.39. The molecule has 188 valence electrons. The van der Waals surface area contributed by atoms with E-state index in [1.54, 1.807) is 6.07 Å². The lowest BCUT2D eigenvalue weighted by atomic mass is 9.82. The second-order valence-corrected chi connectivity index (χ2v) is 8.53. The van der Waals surface area contributed by atoms with Gasteiger partial charge in [-0.1, -0.05) is 24.3 Å². The fourth-order valence-electron chi connectivity index (χ4n) is 4.55. The molecule has 1 amide bonds. The number of nitrogen functional groups attached to an aromatic ring is 1. The molecule has 2 heterocycles. The number of carbonyl (C=O) groups is 3. The van der Waals surface area contributed by atoms with E-state index in [4.69, 9.17) is 10.5 Å². The molecule has 37 heavy (non-hydrogen) atoms. The fraction of sp³-hybridized carbons (Fsp3) is 0.208. The minimum Gasteiger partial charge on any atom is -0.390 e. The summed E-state index contributed by atoms with van der Waals surface area (Å²) in [6.07, 6.45) is -1.47. The largest absolute Gasteiger partial charge is 0.390 e. The number of amides is 1. The van der Waals surface area contributed by atoms with E-state index in [9.17, 15) is 34.4 Å². The number of hydrogen-bond donors (Lipinski definition) is 3. The second kappa shape index (κ2) is 9.04. The third-order valence-electron chi connectivity index (χ3n) is 6.32. The molecule has 0 bridgehead atoms. The Hall–Kier alpha value is -4.75. The van der Waals surface area contributed by atoms with Gasteiger partial charge >= 0.3 is 5.69 Å². The quantitative estimate of drug-likeness (QED) is 0.255. The van der Waals surface area contributed by atoms with Crippen LogP contribution in [0.3, 0.4) is 0 Å². The Kier molecular flexibility index (Phi) is 5.85. The monoisotopic (exact) mass is 505 g/mol. The molecule has 2 aromatic carbocycles. The number of carbonyl (C=O) groups excluding carboxylic acids is 3. The second-order valence-electron chi connectivity index (χ2n) is 8.53. The lowest BCUT2D eigenvalue weighted by Gasteiger charge is -2.19. The van der Waals surface area contributed by atoms with E-state index in [1.807, 2.05) is 0 Å². The van der Waals surface area contributed by atoms with Crippen molar-refractivity contribution in [2.75, 3.05) is 12.3 Å². The number of nitro groups is 1. The molecular formula is C24H19N5O8. The lowest BCUT2D eigenvalue weighted by Crippen LogP contribution is -2.37. The first-order valence-electron chi connectivity index (χ1n) is 11.1. The maximum absolute atomic E-state index is 13.1. The standard InChI is InChI=1S/C24H19N5O8/c25-17-7-8-28(24(34)27-17)18-9-15(30)16(37-18)10-26-23(33)14-6-5-13-19(20(14)29(35)36)22(32)12-4-2-1-3-11(12)21(13)31/h1-8,15-16,18,30H,9-10H2,(H,26,33)(H2,25,27,34)/t15-,16+,18+/m0/s1. The van der Waals surface area contributed by atoms with Crippen LogP contribution in [-0.4, -0.2) is 55.8 Å². The molecule has 0 radical (unpaired) electrons. The van der Waals surface area contributed by atoms with Crippen molar-refractivity contribution in [2.45, 2.75) is 24.9 Å². The van der Waals surface area contributed by atoms with Gasteiger partial charge in [0.2, 0.25) is 5.78 Å². The highest BCUT2D eigenvalue weighted by Crippen LogP contribution is 2.35. The van der Waals surface area contributed by atoms with Crippen LogP contribution in [-0.2, 0) is 4.74 Å². The van der Waals surface area contributed by atoms with Gasteiger partial charge in [-0.05, 0) is 18.2 Å². The normalized spacial score (nSPS) is 20.3. The van der Waals surface area contributed by atoms with Crippen LogP contribution in [0.15, 0.2) is 53.5 Å². The van der Waals surface area contributed by atoms with Gasteiger partial charge in [-0.3, -0.25) is 29.1 Å². The number of benzene rings is 2. The van der Waals surface area contributed by atoms with Crippen LogP contribution < -0.4 is 16.7 Å². The molecule has 2 aliphatic rings. The van der Waals surface area contributed by atoms with Crippen LogP contribution >= 0.6 is 0 Å². The number of aliphatic hydroxyl groups excluding tert-OH is 1. The summed E-state index contributed by atoms with van der Waals surface area (Å²) in [6, 6.07) is 9.68. The highest BCUT2D eigenvalue weighted by molar-refractivity contribution is 6.30. The molecule has 5 rings (SSSR count). The summed E-state index contributed by atoms with van der Waals surface area (Å²) in [5, 5.41) is 24.8. The van der Waals surface area contributed by atoms with Crippen molar-refractivity contribution in [3.63, 3.8) is 0 Å². The summed E-state index contributed by atoms with van der Waals surface area (Å²) in [4.78, 5) is 65.7. The molecule has 1 aliphatic heterocycles. The zero-order valence-electron chi connectivity index (χ0n) is 19.0. The topological polar surface area (TPSA) is 197 Å². The Bertz CT molecular complexity index is 1550. The van der Waals surface area contributed by atoms with E-state index >= 15 is 0 Å². The maximum Gasteiger partial charge on any atom is 0.351 e. The fourth-order valence-corrected chi connectivity index (χ4v) is 4.55. The van der Waals surface area contributed by atoms with Gasteiger partial charge in [0, 0.05) is 35.9 Å². The lowest BCUT2D eigenvalue weighted by molar-refractivity contribution is -0.385.